The summed E-state index contributed by atoms with van der Waals surface area (Å²) in [6.45, 7) is 7.82. The summed E-state index contributed by atoms with van der Waals surface area (Å²) in [4.78, 5) is 25.5. The molecule has 2 unspecified atom stereocenters. The molecule has 1 aliphatic heterocycles. The predicted molar refractivity (Wildman–Crippen MR) is 88.2 cm³/mol. The average molecular weight is 309 g/mol. The van der Waals surface area contributed by atoms with Crippen LogP contribution in [0.2, 0.25) is 0 Å². The number of ether oxygens (including phenoxy) is 1. The molecule has 4 heteroatoms. The fourth-order valence-corrected chi connectivity index (χ4v) is 2.85. The normalized spacial score (nSPS) is 21.9. The number of carbonyl (C=O) groups excluding carboxylic acids is 2. The Balaban J connectivity index is 2.48. The van der Waals surface area contributed by atoms with Gasteiger partial charge in [-0.2, -0.15) is 0 Å². The summed E-state index contributed by atoms with van der Waals surface area (Å²) in [5.41, 5.74) is 0. The van der Waals surface area contributed by atoms with Crippen molar-refractivity contribution in [1.82, 2.24) is 4.90 Å². The van der Waals surface area contributed by atoms with Gasteiger partial charge in [-0.05, 0) is 31.6 Å². The lowest BCUT2D eigenvalue weighted by molar-refractivity contribution is -0.143. The first-order chi connectivity index (χ1) is 10.5. The summed E-state index contributed by atoms with van der Waals surface area (Å²) in [5.74, 6) is 0.0332. The summed E-state index contributed by atoms with van der Waals surface area (Å²) >= 11 is 0. The molecule has 0 aromatic rings. The van der Waals surface area contributed by atoms with Crippen LogP contribution < -0.4 is 0 Å². The van der Waals surface area contributed by atoms with Gasteiger partial charge in [0, 0.05) is 13.3 Å². The van der Waals surface area contributed by atoms with Gasteiger partial charge < -0.3 is 4.74 Å². The van der Waals surface area contributed by atoms with Crippen LogP contribution in [0.1, 0.15) is 72.6 Å². The molecule has 1 heterocycles. The van der Waals surface area contributed by atoms with E-state index in [2.05, 4.69) is 32.9 Å². The van der Waals surface area contributed by atoms with Crippen molar-refractivity contribution in [3.8, 4) is 0 Å². The zero-order valence-electron chi connectivity index (χ0n) is 14.5. The number of esters is 1. The zero-order chi connectivity index (χ0) is 16.5. The molecular weight excluding hydrogens is 278 g/mol. The molecule has 1 amide bonds. The van der Waals surface area contributed by atoms with Crippen LogP contribution in [0.4, 0.5) is 0 Å². The molecule has 0 bridgehead atoms. The first-order valence-corrected chi connectivity index (χ1v) is 8.61. The molecule has 0 aliphatic carbocycles. The second-order valence-electron chi connectivity index (χ2n) is 6.51. The van der Waals surface area contributed by atoms with Crippen molar-refractivity contribution in [2.45, 2.75) is 84.9 Å². The van der Waals surface area contributed by atoms with E-state index in [9.17, 15) is 9.59 Å². The van der Waals surface area contributed by atoms with Crippen molar-refractivity contribution < 1.29 is 14.3 Å². The molecule has 4 nitrogen and oxygen atoms in total. The Morgan fingerprint density at radius 1 is 1.27 bits per heavy atom. The van der Waals surface area contributed by atoms with E-state index in [0.29, 0.717) is 18.8 Å². The minimum absolute atomic E-state index is 0.0755. The fourth-order valence-electron chi connectivity index (χ4n) is 2.85. The van der Waals surface area contributed by atoms with Gasteiger partial charge in [0.05, 0.1) is 0 Å². The SMILES string of the molecule is CCCCC/C=C\CCC1OC(=O)C(CC(C)C)N1C(C)=O. The minimum Gasteiger partial charge on any atom is -0.440 e. The minimum atomic E-state index is -0.406. The number of allylic oxidation sites excluding steroid dienone is 2. The van der Waals surface area contributed by atoms with Gasteiger partial charge in [0.2, 0.25) is 5.91 Å². The summed E-state index contributed by atoms with van der Waals surface area (Å²) < 4.78 is 5.43. The first kappa shape index (κ1) is 18.7. The number of unbranched alkanes of at least 4 members (excludes halogenated alkanes) is 3. The number of cyclic esters (lactones) is 1. The van der Waals surface area contributed by atoms with Gasteiger partial charge in [-0.1, -0.05) is 45.8 Å². The number of hydrogen-bond acceptors (Lipinski definition) is 3. The van der Waals surface area contributed by atoms with Crippen LogP contribution in [0.15, 0.2) is 12.2 Å². The Labute approximate surface area is 134 Å². The summed E-state index contributed by atoms with van der Waals surface area (Å²) in [6, 6.07) is -0.406. The Bertz CT molecular complexity index is 390. The Morgan fingerprint density at radius 3 is 2.55 bits per heavy atom. The van der Waals surface area contributed by atoms with Gasteiger partial charge in [-0.3, -0.25) is 9.69 Å². The molecule has 1 fully saturated rings. The Kier molecular flexibility index (Phi) is 8.21. The van der Waals surface area contributed by atoms with Crippen molar-refractivity contribution in [3.63, 3.8) is 0 Å². The molecule has 126 valence electrons. The van der Waals surface area contributed by atoms with Crippen LogP contribution in [0.5, 0.6) is 0 Å². The standard InChI is InChI=1S/C18H31NO3/c1-5-6-7-8-9-10-11-12-17-19(15(4)20)16(13-14(2)3)18(21)22-17/h9-10,14,16-17H,5-8,11-13H2,1-4H3/b10-9-. The molecule has 0 aromatic carbocycles. The monoisotopic (exact) mass is 309 g/mol. The van der Waals surface area contributed by atoms with Crippen molar-refractivity contribution in [2.75, 3.05) is 0 Å². The summed E-state index contributed by atoms with van der Waals surface area (Å²) in [5, 5.41) is 0. The van der Waals surface area contributed by atoms with Gasteiger partial charge in [0.25, 0.3) is 0 Å². The van der Waals surface area contributed by atoms with Crippen LogP contribution in [-0.4, -0.2) is 29.0 Å². The van der Waals surface area contributed by atoms with Crippen LogP contribution >= 0.6 is 0 Å². The van der Waals surface area contributed by atoms with Crippen molar-refractivity contribution in [1.29, 1.82) is 0 Å². The van der Waals surface area contributed by atoms with Crippen LogP contribution in [0, 0.1) is 5.92 Å². The van der Waals surface area contributed by atoms with E-state index in [0.717, 1.165) is 12.8 Å². The van der Waals surface area contributed by atoms with Crippen molar-refractivity contribution >= 4 is 11.9 Å². The highest BCUT2D eigenvalue weighted by atomic mass is 16.6. The number of hydrogen-bond donors (Lipinski definition) is 0. The third-order valence-electron chi connectivity index (χ3n) is 3.95. The molecule has 1 aliphatic rings. The maximum Gasteiger partial charge on any atom is 0.330 e. The van der Waals surface area contributed by atoms with E-state index in [4.69, 9.17) is 4.74 Å². The second kappa shape index (κ2) is 9.65. The average Bonchev–Trinajstić information content (AvgIpc) is 2.73. The Hall–Kier alpha value is -1.32. The first-order valence-electron chi connectivity index (χ1n) is 8.61. The Morgan fingerprint density at radius 2 is 1.95 bits per heavy atom. The summed E-state index contributed by atoms with van der Waals surface area (Å²) in [7, 11) is 0. The number of nitrogens with zero attached hydrogens (tertiary/aromatic N) is 1. The third kappa shape index (κ3) is 5.82. The lowest BCUT2D eigenvalue weighted by Gasteiger charge is -2.25. The molecule has 0 spiro atoms. The largest absolute Gasteiger partial charge is 0.440 e. The molecule has 2 atom stereocenters. The molecule has 0 saturated carbocycles. The maximum atomic E-state index is 12.0. The molecule has 1 saturated heterocycles. The van der Waals surface area contributed by atoms with Gasteiger partial charge in [0.1, 0.15) is 6.04 Å². The van der Waals surface area contributed by atoms with Gasteiger partial charge in [-0.25, -0.2) is 4.79 Å². The van der Waals surface area contributed by atoms with Crippen LogP contribution in [0.3, 0.4) is 0 Å². The molecule has 0 N–H and O–H groups in total. The highest BCUT2D eigenvalue weighted by molar-refractivity contribution is 5.86. The number of rotatable bonds is 9. The third-order valence-corrected chi connectivity index (χ3v) is 3.95. The predicted octanol–water partition coefficient (Wildman–Crippen LogP) is 4.05. The maximum absolute atomic E-state index is 12.0. The van der Waals surface area contributed by atoms with Crippen LogP contribution in [0.25, 0.3) is 0 Å². The molecule has 22 heavy (non-hydrogen) atoms. The van der Waals surface area contributed by atoms with E-state index in [1.54, 1.807) is 4.90 Å². The van der Waals surface area contributed by atoms with Gasteiger partial charge in [-0.15, -0.1) is 0 Å². The topological polar surface area (TPSA) is 46.6 Å². The second-order valence-corrected chi connectivity index (χ2v) is 6.51. The van der Waals surface area contributed by atoms with E-state index in [-0.39, 0.29) is 11.9 Å². The van der Waals surface area contributed by atoms with Gasteiger partial charge >= 0.3 is 5.97 Å². The van der Waals surface area contributed by atoms with E-state index < -0.39 is 12.3 Å². The molecule has 1 rings (SSSR count). The van der Waals surface area contributed by atoms with Crippen LogP contribution in [-0.2, 0) is 14.3 Å². The quantitative estimate of drug-likeness (QED) is 0.367. The molecule has 0 aromatic heterocycles. The molecule has 0 radical (unpaired) electrons. The summed E-state index contributed by atoms with van der Waals surface area (Å²) in [6.07, 6.45) is 10.9. The van der Waals surface area contributed by atoms with E-state index >= 15 is 0 Å². The van der Waals surface area contributed by atoms with E-state index in [1.165, 1.54) is 26.2 Å². The molecular formula is C18H31NO3. The van der Waals surface area contributed by atoms with Gasteiger partial charge in [0.15, 0.2) is 6.23 Å². The van der Waals surface area contributed by atoms with Crippen molar-refractivity contribution in [2.24, 2.45) is 5.92 Å². The lowest BCUT2D eigenvalue weighted by Crippen LogP contribution is -2.42. The zero-order valence-corrected chi connectivity index (χ0v) is 14.5. The number of amides is 1. The van der Waals surface area contributed by atoms with E-state index in [1.807, 2.05) is 0 Å². The van der Waals surface area contributed by atoms with Crippen molar-refractivity contribution in [3.05, 3.63) is 12.2 Å². The smallest absolute Gasteiger partial charge is 0.330 e. The highest BCUT2D eigenvalue weighted by Crippen LogP contribution is 2.26. The lowest BCUT2D eigenvalue weighted by atomic mass is 10.0. The fraction of sp³-hybridized carbons (Fsp3) is 0.778. The highest BCUT2D eigenvalue weighted by Gasteiger charge is 2.43. The number of carbonyl (C=O) groups is 2.